The highest BCUT2D eigenvalue weighted by molar-refractivity contribution is 5.81. The molecule has 1 unspecified atom stereocenters. The van der Waals surface area contributed by atoms with Crippen molar-refractivity contribution in [1.29, 1.82) is 0 Å². The maximum Gasteiger partial charge on any atom is 0.237 e. The summed E-state index contributed by atoms with van der Waals surface area (Å²) in [6.07, 6.45) is 1.64. The van der Waals surface area contributed by atoms with E-state index >= 15 is 0 Å². The van der Waals surface area contributed by atoms with Crippen LogP contribution in [0, 0.1) is 17.5 Å². The van der Waals surface area contributed by atoms with Crippen LogP contribution in [0.5, 0.6) is 0 Å². The average molecular weight is 258 g/mol. The Labute approximate surface area is 102 Å². The minimum atomic E-state index is -1.51. The summed E-state index contributed by atoms with van der Waals surface area (Å²) >= 11 is 0. The highest BCUT2D eigenvalue weighted by atomic mass is 19.2. The lowest BCUT2D eigenvalue weighted by Gasteiger charge is -2.11. The molecule has 1 fully saturated rings. The minimum absolute atomic E-state index is 0.0692. The zero-order valence-corrected chi connectivity index (χ0v) is 9.60. The van der Waals surface area contributed by atoms with Gasteiger partial charge in [-0.1, -0.05) is 6.07 Å². The molecular formula is C12H13F3N2O. The lowest BCUT2D eigenvalue weighted by Crippen LogP contribution is -2.40. The Bertz CT molecular complexity index is 459. The van der Waals surface area contributed by atoms with E-state index in [0.717, 1.165) is 31.5 Å². The fourth-order valence-corrected chi connectivity index (χ4v) is 1.92. The Morgan fingerprint density at radius 1 is 1.33 bits per heavy atom. The quantitative estimate of drug-likeness (QED) is 0.806. The number of hydrogen-bond acceptors (Lipinski definition) is 2. The predicted molar refractivity (Wildman–Crippen MR) is 59.2 cm³/mol. The molecule has 2 rings (SSSR count). The number of amides is 1. The lowest BCUT2D eigenvalue weighted by atomic mass is 10.1. The summed E-state index contributed by atoms with van der Waals surface area (Å²) in [4.78, 5) is 11.6. The number of carbonyl (C=O) groups is 1. The maximum absolute atomic E-state index is 13.3. The SMILES string of the molecule is O=C(NCc1ccc(F)c(F)c1F)C1CCCN1. The van der Waals surface area contributed by atoms with Crippen molar-refractivity contribution in [2.45, 2.75) is 25.4 Å². The number of halogens is 3. The maximum atomic E-state index is 13.3. The molecule has 1 aliphatic heterocycles. The first-order valence-corrected chi connectivity index (χ1v) is 5.73. The topological polar surface area (TPSA) is 41.1 Å². The molecule has 0 spiro atoms. The van der Waals surface area contributed by atoms with E-state index in [4.69, 9.17) is 0 Å². The van der Waals surface area contributed by atoms with E-state index in [1.165, 1.54) is 0 Å². The Kier molecular flexibility index (Phi) is 3.86. The molecule has 1 aromatic rings. The van der Waals surface area contributed by atoms with E-state index in [0.29, 0.717) is 0 Å². The molecule has 3 nitrogen and oxygen atoms in total. The van der Waals surface area contributed by atoms with Crippen LogP contribution in [0.3, 0.4) is 0 Å². The first kappa shape index (κ1) is 12.9. The second-order valence-electron chi connectivity index (χ2n) is 4.20. The third-order valence-corrected chi connectivity index (χ3v) is 2.95. The predicted octanol–water partition coefficient (Wildman–Crippen LogP) is 1.47. The monoisotopic (exact) mass is 258 g/mol. The van der Waals surface area contributed by atoms with E-state index in [2.05, 4.69) is 10.6 Å². The zero-order valence-electron chi connectivity index (χ0n) is 9.60. The molecule has 0 radical (unpaired) electrons. The lowest BCUT2D eigenvalue weighted by molar-refractivity contribution is -0.122. The molecule has 1 heterocycles. The van der Waals surface area contributed by atoms with Gasteiger partial charge in [-0.3, -0.25) is 4.79 Å². The Morgan fingerprint density at radius 3 is 2.78 bits per heavy atom. The van der Waals surface area contributed by atoms with Crippen molar-refractivity contribution in [2.75, 3.05) is 6.54 Å². The molecule has 18 heavy (non-hydrogen) atoms. The molecule has 1 atom stereocenters. The number of benzene rings is 1. The van der Waals surface area contributed by atoms with Crippen LogP contribution in [0.15, 0.2) is 12.1 Å². The van der Waals surface area contributed by atoms with Gasteiger partial charge in [0, 0.05) is 12.1 Å². The number of nitrogens with one attached hydrogen (secondary N) is 2. The van der Waals surface area contributed by atoms with Crippen molar-refractivity contribution in [3.05, 3.63) is 35.1 Å². The van der Waals surface area contributed by atoms with Gasteiger partial charge in [0.25, 0.3) is 0 Å². The van der Waals surface area contributed by atoms with Crippen LogP contribution in [-0.4, -0.2) is 18.5 Å². The molecule has 0 aliphatic carbocycles. The van der Waals surface area contributed by atoms with Gasteiger partial charge in [-0.15, -0.1) is 0 Å². The summed E-state index contributed by atoms with van der Waals surface area (Å²) in [5.41, 5.74) is -0.0692. The second kappa shape index (κ2) is 5.39. The van der Waals surface area contributed by atoms with E-state index in [1.807, 2.05) is 0 Å². The van der Waals surface area contributed by atoms with Crippen molar-refractivity contribution < 1.29 is 18.0 Å². The molecule has 1 aliphatic rings. The summed E-state index contributed by atoms with van der Waals surface area (Å²) in [7, 11) is 0. The second-order valence-corrected chi connectivity index (χ2v) is 4.20. The third-order valence-electron chi connectivity index (χ3n) is 2.95. The van der Waals surface area contributed by atoms with E-state index in [1.54, 1.807) is 0 Å². The molecule has 1 amide bonds. The molecule has 2 N–H and O–H groups in total. The van der Waals surface area contributed by atoms with Crippen LogP contribution in [0.1, 0.15) is 18.4 Å². The molecule has 6 heteroatoms. The zero-order chi connectivity index (χ0) is 13.1. The van der Waals surface area contributed by atoms with Crippen LogP contribution >= 0.6 is 0 Å². The molecule has 1 aromatic carbocycles. The van der Waals surface area contributed by atoms with Crippen LogP contribution < -0.4 is 10.6 Å². The standard InChI is InChI=1S/C12H13F3N2O/c13-8-4-3-7(10(14)11(8)15)6-17-12(18)9-2-1-5-16-9/h3-4,9,16H,1-2,5-6H2,(H,17,18). The number of rotatable bonds is 3. The highest BCUT2D eigenvalue weighted by Gasteiger charge is 2.22. The van der Waals surface area contributed by atoms with Crippen molar-refractivity contribution in [1.82, 2.24) is 10.6 Å². The Hall–Kier alpha value is -1.56. The van der Waals surface area contributed by atoms with Gasteiger partial charge in [0.1, 0.15) is 0 Å². The molecule has 0 bridgehead atoms. The summed E-state index contributed by atoms with van der Waals surface area (Å²) in [5, 5.41) is 5.49. The van der Waals surface area contributed by atoms with Gasteiger partial charge in [-0.05, 0) is 25.5 Å². The molecule has 0 aromatic heterocycles. The normalized spacial score (nSPS) is 18.9. The van der Waals surface area contributed by atoms with Crippen LogP contribution in [0.2, 0.25) is 0 Å². The van der Waals surface area contributed by atoms with Crippen molar-refractivity contribution in [3.63, 3.8) is 0 Å². The average Bonchev–Trinajstić information content (AvgIpc) is 2.89. The molecule has 0 saturated carbocycles. The fourth-order valence-electron chi connectivity index (χ4n) is 1.92. The Morgan fingerprint density at radius 2 is 2.11 bits per heavy atom. The summed E-state index contributed by atoms with van der Waals surface area (Å²) in [5.74, 6) is -4.26. The minimum Gasteiger partial charge on any atom is -0.351 e. The third kappa shape index (κ3) is 2.64. The molecule has 98 valence electrons. The van der Waals surface area contributed by atoms with E-state index in [-0.39, 0.29) is 24.1 Å². The van der Waals surface area contributed by atoms with Crippen molar-refractivity contribution in [2.24, 2.45) is 0 Å². The number of carbonyl (C=O) groups excluding carboxylic acids is 1. The first-order valence-electron chi connectivity index (χ1n) is 5.73. The van der Waals surface area contributed by atoms with Gasteiger partial charge in [0.15, 0.2) is 17.5 Å². The Balaban J connectivity index is 1.98. The van der Waals surface area contributed by atoms with Gasteiger partial charge < -0.3 is 10.6 Å². The van der Waals surface area contributed by atoms with Crippen LogP contribution in [-0.2, 0) is 11.3 Å². The van der Waals surface area contributed by atoms with Gasteiger partial charge in [0.05, 0.1) is 6.04 Å². The van der Waals surface area contributed by atoms with Crippen molar-refractivity contribution >= 4 is 5.91 Å². The van der Waals surface area contributed by atoms with Gasteiger partial charge in [-0.25, -0.2) is 13.2 Å². The first-order chi connectivity index (χ1) is 8.59. The number of hydrogen-bond donors (Lipinski definition) is 2. The summed E-state index contributed by atoms with van der Waals surface area (Å²) in [6.45, 7) is 0.623. The van der Waals surface area contributed by atoms with Gasteiger partial charge in [0.2, 0.25) is 5.91 Å². The smallest absolute Gasteiger partial charge is 0.237 e. The summed E-state index contributed by atoms with van der Waals surface area (Å²) in [6, 6.07) is 1.68. The van der Waals surface area contributed by atoms with E-state index < -0.39 is 17.5 Å². The summed E-state index contributed by atoms with van der Waals surface area (Å²) < 4.78 is 38.9. The van der Waals surface area contributed by atoms with Gasteiger partial charge >= 0.3 is 0 Å². The van der Waals surface area contributed by atoms with Gasteiger partial charge in [-0.2, -0.15) is 0 Å². The van der Waals surface area contributed by atoms with Crippen LogP contribution in [0.25, 0.3) is 0 Å². The van der Waals surface area contributed by atoms with E-state index in [9.17, 15) is 18.0 Å². The highest BCUT2D eigenvalue weighted by Crippen LogP contribution is 2.15. The fraction of sp³-hybridized carbons (Fsp3) is 0.417. The van der Waals surface area contributed by atoms with Crippen LogP contribution in [0.4, 0.5) is 13.2 Å². The molecular weight excluding hydrogens is 245 g/mol. The largest absolute Gasteiger partial charge is 0.351 e. The molecule has 1 saturated heterocycles. The van der Waals surface area contributed by atoms with Crippen molar-refractivity contribution in [3.8, 4) is 0 Å².